The first-order chi connectivity index (χ1) is 9.96. The number of halogens is 1. The van der Waals surface area contributed by atoms with E-state index in [-0.39, 0.29) is 0 Å². The second kappa shape index (κ2) is 9.13. The number of hydrogen-bond acceptors (Lipinski definition) is 5. The van der Waals surface area contributed by atoms with Crippen molar-refractivity contribution in [2.24, 2.45) is 0 Å². The fraction of sp³-hybridized carbons (Fsp3) is 0.462. The van der Waals surface area contributed by atoms with E-state index in [9.17, 15) is 4.57 Å². The van der Waals surface area contributed by atoms with Crippen molar-refractivity contribution in [3.05, 3.63) is 29.3 Å². The highest BCUT2D eigenvalue weighted by Crippen LogP contribution is 2.57. The van der Waals surface area contributed by atoms with Crippen molar-refractivity contribution in [3.8, 4) is 0 Å². The number of benzene rings is 1. The van der Waals surface area contributed by atoms with Gasteiger partial charge in [-0.1, -0.05) is 23.8 Å². The summed E-state index contributed by atoms with van der Waals surface area (Å²) < 4.78 is 23.5. The molecule has 1 unspecified atom stereocenters. The molecule has 1 aromatic carbocycles. The Morgan fingerprint density at radius 3 is 2.29 bits per heavy atom. The van der Waals surface area contributed by atoms with E-state index in [1.54, 1.807) is 38.1 Å². The third kappa shape index (κ3) is 5.55. The van der Waals surface area contributed by atoms with Gasteiger partial charge in [0.2, 0.25) is 0 Å². The van der Waals surface area contributed by atoms with E-state index in [1.165, 1.54) is 11.8 Å². The van der Waals surface area contributed by atoms with Crippen LogP contribution in [0.25, 0.3) is 0 Å². The predicted octanol–water partition coefficient (Wildman–Crippen LogP) is 5.03. The summed E-state index contributed by atoms with van der Waals surface area (Å²) in [5, 5.41) is 3.70. The molecule has 21 heavy (non-hydrogen) atoms. The predicted molar refractivity (Wildman–Crippen MR) is 95.8 cm³/mol. The van der Waals surface area contributed by atoms with Crippen LogP contribution in [0, 0.1) is 0 Å². The smallest absolute Gasteiger partial charge is 0.349 e. The topological polar surface area (TPSA) is 47.6 Å². The summed E-state index contributed by atoms with van der Waals surface area (Å²) in [5.41, 5.74) is 0.781. The van der Waals surface area contributed by atoms with E-state index in [0.29, 0.717) is 23.2 Å². The quantitative estimate of drug-likeness (QED) is 0.513. The normalized spacial score (nSPS) is 13.0. The van der Waals surface area contributed by atoms with E-state index < -0.39 is 12.6 Å². The van der Waals surface area contributed by atoms with Crippen LogP contribution >= 0.6 is 43.2 Å². The van der Waals surface area contributed by atoms with Crippen LogP contribution in [-0.2, 0) is 13.6 Å². The van der Waals surface area contributed by atoms with Crippen molar-refractivity contribution in [2.75, 3.05) is 24.8 Å². The third-order valence-corrected chi connectivity index (χ3v) is 7.54. The van der Waals surface area contributed by atoms with Gasteiger partial charge in [0.25, 0.3) is 0 Å². The summed E-state index contributed by atoms with van der Waals surface area (Å²) in [4.78, 5) is -0.141. The van der Waals surface area contributed by atoms with E-state index in [1.807, 2.05) is 6.26 Å². The van der Waals surface area contributed by atoms with Gasteiger partial charge in [0.15, 0.2) is 4.99 Å². The number of thiocarbonyl (C=S) groups is 1. The summed E-state index contributed by atoms with van der Waals surface area (Å²) in [6.07, 6.45) is 1.82. The largest absolute Gasteiger partial charge is 0.350 e. The molecular formula is C13H19ClNO3PS2. The maximum absolute atomic E-state index is 12.8. The maximum Gasteiger partial charge on any atom is 0.350 e. The monoisotopic (exact) mass is 367 g/mol. The molecule has 0 heterocycles. The number of anilines is 1. The van der Waals surface area contributed by atoms with Crippen LogP contribution < -0.4 is 5.32 Å². The molecule has 0 aromatic heterocycles. The van der Waals surface area contributed by atoms with E-state index >= 15 is 0 Å². The van der Waals surface area contributed by atoms with Crippen LogP contribution in [0.5, 0.6) is 0 Å². The third-order valence-electron chi connectivity index (χ3n) is 2.46. The molecule has 0 aliphatic heterocycles. The van der Waals surface area contributed by atoms with Crippen molar-refractivity contribution in [3.63, 3.8) is 0 Å². The molecule has 0 aliphatic carbocycles. The van der Waals surface area contributed by atoms with Crippen LogP contribution in [0.2, 0.25) is 5.02 Å². The molecule has 0 aliphatic rings. The lowest BCUT2D eigenvalue weighted by atomic mass is 10.3. The first kappa shape index (κ1) is 18.9. The summed E-state index contributed by atoms with van der Waals surface area (Å²) in [5.74, 6) is 0. The lowest BCUT2D eigenvalue weighted by Gasteiger charge is -2.25. The Balaban J connectivity index is 2.89. The van der Waals surface area contributed by atoms with Gasteiger partial charge in [-0.3, -0.25) is 4.57 Å². The fourth-order valence-corrected chi connectivity index (χ4v) is 5.66. The SMILES string of the molecule is CCOP(=O)(OCC)C(SC)C(=S)Nc1ccc(Cl)cc1. The molecule has 1 atom stereocenters. The van der Waals surface area contributed by atoms with Gasteiger partial charge in [-0.15, -0.1) is 11.8 Å². The lowest BCUT2D eigenvalue weighted by molar-refractivity contribution is 0.222. The molecule has 0 bridgehead atoms. The van der Waals surface area contributed by atoms with Gasteiger partial charge in [0, 0.05) is 10.7 Å². The molecule has 0 fully saturated rings. The molecule has 1 aromatic rings. The zero-order chi connectivity index (χ0) is 15.9. The number of nitrogens with one attached hydrogen (secondary N) is 1. The first-order valence-corrected chi connectivity index (χ1v) is 10.1. The van der Waals surface area contributed by atoms with Crippen molar-refractivity contribution in [2.45, 2.75) is 18.8 Å². The average molecular weight is 368 g/mol. The molecule has 118 valence electrons. The van der Waals surface area contributed by atoms with Gasteiger partial charge < -0.3 is 14.4 Å². The number of rotatable bonds is 8. The summed E-state index contributed by atoms with van der Waals surface area (Å²) in [6.45, 7) is 4.16. The van der Waals surface area contributed by atoms with Gasteiger partial charge >= 0.3 is 7.60 Å². The minimum Gasteiger partial charge on any atom is -0.349 e. The van der Waals surface area contributed by atoms with E-state index in [2.05, 4.69) is 5.32 Å². The van der Waals surface area contributed by atoms with Crippen LogP contribution in [-0.4, -0.2) is 29.4 Å². The highest BCUT2D eigenvalue weighted by atomic mass is 35.5. The second-order valence-corrected chi connectivity index (χ2v) is 8.24. The van der Waals surface area contributed by atoms with Crippen LogP contribution in [0.15, 0.2) is 24.3 Å². The van der Waals surface area contributed by atoms with Gasteiger partial charge in [-0.05, 0) is 44.4 Å². The fourth-order valence-electron chi connectivity index (χ4n) is 1.65. The number of thioether (sulfide) groups is 1. The Morgan fingerprint density at radius 1 is 1.33 bits per heavy atom. The Kier molecular flexibility index (Phi) is 8.24. The molecule has 0 radical (unpaired) electrons. The van der Waals surface area contributed by atoms with Crippen LogP contribution in [0.1, 0.15) is 13.8 Å². The van der Waals surface area contributed by atoms with E-state index in [0.717, 1.165) is 5.69 Å². The Hall–Kier alpha value is -0.100. The van der Waals surface area contributed by atoms with Gasteiger partial charge in [-0.25, -0.2) is 0 Å². The van der Waals surface area contributed by atoms with Crippen molar-refractivity contribution < 1.29 is 13.6 Å². The van der Waals surface area contributed by atoms with Crippen molar-refractivity contribution in [1.82, 2.24) is 0 Å². The van der Waals surface area contributed by atoms with Gasteiger partial charge in [0.05, 0.1) is 13.2 Å². The molecule has 0 saturated carbocycles. The van der Waals surface area contributed by atoms with Crippen molar-refractivity contribution in [1.29, 1.82) is 0 Å². The van der Waals surface area contributed by atoms with Gasteiger partial charge in [-0.2, -0.15) is 0 Å². The van der Waals surface area contributed by atoms with Gasteiger partial charge in [0.1, 0.15) is 4.99 Å². The van der Waals surface area contributed by atoms with Crippen molar-refractivity contribution >= 4 is 53.9 Å². The summed E-state index contributed by atoms with van der Waals surface area (Å²) in [6, 6.07) is 7.12. The zero-order valence-corrected chi connectivity index (χ0v) is 15.5. The maximum atomic E-state index is 12.8. The average Bonchev–Trinajstić information content (AvgIpc) is 2.42. The Morgan fingerprint density at radius 2 is 1.86 bits per heavy atom. The lowest BCUT2D eigenvalue weighted by Crippen LogP contribution is -2.25. The summed E-state index contributed by atoms with van der Waals surface area (Å²) >= 11 is 12.6. The van der Waals surface area contributed by atoms with Crippen LogP contribution in [0.4, 0.5) is 5.69 Å². The molecule has 0 amide bonds. The Labute approximate surface area is 140 Å². The molecule has 1 rings (SSSR count). The van der Waals surface area contributed by atoms with Crippen LogP contribution in [0.3, 0.4) is 0 Å². The standard InChI is InChI=1S/C13H19ClNO3PS2/c1-4-17-19(16,18-5-2)13(21-3)12(20)15-11-8-6-10(14)7-9-11/h6-9,13H,4-5H2,1-3H3,(H,15,20). The minimum atomic E-state index is -3.30. The van der Waals surface area contributed by atoms with E-state index in [4.69, 9.17) is 32.9 Å². The molecular weight excluding hydrogens is 349 g/mol. The first-order valence-electron chi connectivity index (χ1n) is 6.44. The zero-order valence-electron chi connectivity index (χ0n) is 12.2. The second-order valence-electron chi connectivity index (χ2n) is 3.96. The number of hydrogen-bond donors (Lipinski definition) is 1. The molecule has 0 spiro atoms. The summed E-state index contributed by atoms with van der Waals surface area (Å²) in [7, 11) is -3.30. The highest BCUT2D eigenvalue weighted by Gasteiger charge is 2.38. The minimum absolute atomic E-state index is 0.303. The molecule has 0 saturated heterocycles. The highest BCUT2D eigenvalue weighted by molar-refractivity contribution is 8.07. The molecule has 4 nitrogen and oxygen atoms in total. The Bertz CT molecular complexity index is 503. The molecule has 8 heteroatoms. The molecule has 1 N–H and O–H groups in total.